The van der Waals surface area contributed by atoms with Crippen molar-refractivity contribution in [3.63, 3.8) is 0 Å². The van der Waals surface area contributed by atoms with Crippen molar-refractivity contribution in [2.24, 2.45) is 0 Å². The van der Waals surface area contributed by atoms with Gasteiger partial charge in [0.25, 0.3) is 5.91 Å². The van der Waals surface area contributed by atoms with Gasteiger partial charge in [-0.2, -0.15) is 0 Å². The fraction of sp³-hybridized carbons (Fsp3) is 0.136. The molecule has 0 heterocycles. The zero-order valence-electron chi connectivity index (χ0n) is 16.6. The average Bonchev–Trinajstić information content (AvgIpc) is 2.74. The van der Waals surface area contributed by atoms with Crippen LogP contribution >= 0.6 is 11.6 Å². The Morgan fingerprint density at radius 2 is 1.77 bits per heavy atom. The van der Waals surface area contributed by atoms with Crippen molar-refractivity contribution in [1.29, 1.82) is 0 Å². The van der Waals surface area contributed by atoms with Gasteiger partial charge in [0.2, 0.25) is 10.0 Å². The van der Waals surface area contributed by atoms with Gasteiger partial charge in [-0.15, -0.1) is 0 Å². The third-order valence-electron chi connectivity index (χ3n) is 4.34. The summed E-state index contributed by atoms with van der Waals surface area (Å²) in [5, 5.41) is 2.97. The van der Waals surface area contributed by atoms with Gasteiger partial charge >= 0.3 is 0 Å². The molecule has 0 aromatic heterocycles. The van der Waals surface area contributed by atoms with Gasteiger partial charge in [-0.1, -0.05) is 41.9 Å². The molecule has 0 spiro atoms. The highest BCUT2D eigenvalue weighted by molar-refractivity contribution is 7.89. The highest BCUT2D eigenvalue weighted by Crippen LogP contribution is 2.29. The molecule has 1 amide bonds. The summed E-state index contributed by atoms with van der Waals surface area (Å²) in [6.45, 7) is 2.03. The second-order valence-corrected chi connectivity index (χ2v) is 8.62. The number of carbonyl (C=O) groups is 1. The van der Waals surface area contributed by atoms with E-state index in [1.165, 1.54) is 36.4 Å². The average molecular weight is 463 g/mol. The van der Waals surface area contributed by atoms with Crippen molar-refractivity contribution in [2.75, 3.05) is 11.9 Å². The van der Waals surface area contributed by atoms with E-state index < -0.39 is 21.7 Å². The Kier molecular flexibility index (Phi) is 7.27. The van der Waals surface area contributed by atoms with E-state index in [9.17, 15) is 17.6 Å². The number of halogens is 2. The molecule has 0 aliphatic carbocycles. The molecular weight excluding hydrogens is 443 g/mol. The molecule has 0 fully saturated rings. The smallest absolute Gasteiger partial charge is 0.258 e. The minimum Gasteiger partial charge on any atom is -0.492 e. The molecule has 31 heavy (non-hydrogen) atoms. The van der Waals surface area contributed by atoms with E-state index >= 15 is 0 Å². The van der Waals surface area contributed by atoms with Crippen molar-refractivity contribution in [1.82, 2.24) is 4.72 Å². The van der Waals surface area contributed by atoms with Crippen molar-refractivity contribution >= 4 is 33.2 Å². The fourth-order valence-electron chi connectivity index (χ4n) is 2.79. The van der Waals surface area contributed by atoms with Crippen molar-refractivity contribution in [3.05, 3.63) is 88.7 Å². The largest absolute Gasteiger partial charge is 0.492 e. The second-order valence-electron chi connectivity index (χ2n) is 6.44. The van der Waals surface area contributed by atoms with Crippen LogP contribution in [-0.2, 0) is 16.6 Å². The number of sulfonamides is 1. The molecule has 0 atom stereocenters. The Morgan fingerprint density at radius 3 is 2.48 bits per heavy atom. The van der Waals surface area contributed by atoms with E-state index in [2.05, 4.69) is 10.0 Å². The maximum Gasteiger partial charge on any atom is 0.258 e. The van der Waals surface area contributed by atoms with Crippen LogP contribution < -0.4 is 14.8 Å². The van der Waals surface area contributed by atoms with Gasteiger partial charge in [0.1, 0.15) is 11.6 Å². The molecule has 0 radical (unpaired) electrons. The Bertz CT molecular complexity index is 1200. The van der Waals surface area contributed by atoms with Crippen LogP contribution in [-0.4, -0.2) is 20.9 Å². The van der Waals surface area contributed by atoms with Gasteiger partial charge < -0.3 is 10.1 Å². The van der Waals surface area contributed by atoms with E-state index in [1.54, 1.807) is 31.2 Å². The summed E-state index contributed by atoms with van der Waals surface area (Å²) in [4.78, 5) is 12.4. The number of carbonyl (C=O) groups excluding carboxylic acids is 1. The summed E-state index contributed by atoms with van der Waals surface area (Å²) < 4.78 is 47.5. The van der Waals surface area contributed by atoms with Gasteiger partial charge in [0.15, 0.2) is 0 Å². The summed E-state index contributed by atoms with van der Waals surface area (Å²) >= 11 is 6.08. The summed E-state index contributed by atoms with van der Waals surface area (Å²) in [5.41, 5.74) is 0.553. The second kappa shape index (κ2) is 9.91. The van der Waals surface area contributed by atoms with Crippen LogP contribution in [0, 0.1) is 5.82 Å². The van der Waals surface area contributed by atoms with Gasteiger partial charge in [-0.05, 0) is 48.9 Å². The third kappa shape index (κ3) is 5.61. The van der Waals surface area contributed by atoms with E-state index in [1.807, 2.05) is 0 Å². The lowest BCUT2D eigenvalue weighted by Gasteiger charge is -2.14. The molecule has 0 aliphatic rings. The summed E-state index contributed by atoms with van der Waals surface area (Å²) in [6.07, 6.45) is 0. The number of benzene rings is 3. The lowest BCUT2D eigenvalue weighted by atomic mass is 10.2. The molecule has 9 heteroatoms. The molecule has 0 aliphatic heterocycles. The number of nitrogens with one attached hydrogen (secondary N) is 2. The highest BCUT2D eigenvalue weighted by atomic mass is 35.5. The molecule has 3 aromatic carbocycles. The highest BCUT2D eigenvalue weighted by Gasteiger charge is 2.19. The first-order valence-electron chi connectivity index (χ1n) is 9.37. The molecule has 2 N–H and O–H groups in total. The number of amides is 1. The van der Waals surface area contributed by atoms with Crippen LogP contribution in [0.2, 0.25) is 5.02 Å². The van der Waals surface area contributed by atoms with E-state index in [0.717, 1.165) is 6.07 Å². The van der Waals surface area contributed by atoms with Gasteiger partial charge in [-0.3, -0.25) is 4.79 Å². The SMILES string of the molecule is CCOc1ccc(S(=O)(=O)NCc2ccccc2Cl)cc1NC(=O)c1ccccc1F. The number of anilines is 1. The van der Waals surface area contributed by atoms with E-state index in [0.29, 0.717) is 17.2 Å². The predicted octanol–water partition coefficient (Wildman–Crippen LogP) is 4.61. The van der Waals surface area contributed by atoms with Gasteiger partial charge in [-0.25, -0.2) is 17.5 Å². The Labute approximate surface area is 185 Å². The minimum absolute atomic E-state index is 0.00780. The maximum absolute atomic E-state index is 13.9. The minimum atomic E-state index is -3.93. The van der Waals surface area contributed by atoms with Crippen LogP contribution in [0.15, 0.2) is 71.6 Å². The lowest BCUT2D eigenvalue weighted by molar-refractivity contribution is 0.102. The standard InChI is InChI=1S/C22H20ClFN2O4S/c1-2-30-21-12-11-16(31(28,29)25-14-15-7-3-5-9-18(15)23)13-20(21)26-22(27)17-8-4-6-10-19(17)24/h3-13,25H,2,14H2,1H3,(H,26,27). The van der Waals surface area contributed by atoms with Gasteiger partial charge in [0.05, 0.1) is 22.8 Å². The van der Waals surface area contributed by atoms with Crippen LogP contribution in [0.3, 0.4) is 0 Å². The number of hydrogen-bond donors (Lipinski definition) is 2. The van der Waals surface area contributed by atoms with Crippen LogP contribution in [0.25, 0.3) is 0 Å². The van der Waals surface area contributed by atoms with E-state index in [-0.39, 0.29) is 28.4 Å². The van der Waals surface area contributed by atoms with E-state index in [4.69, 9.17) is 16.3 Å². The normalized spacial score (nSPS) is 11.2. The first-order valence-corrected chi connectivity index (χ1v) is 11.2. The molecule has 6 nitrogen and oxygen atoms in total. The Morgan fingerprint density at radius 1 is 1.06 bits per heavy atom. The summed E-state index contributed by atoms with van der Waals surface area (Å²) in [7, 11) is -3.93. The topological polar surface area (TPSA) is 84.5 Å². The summed E-state index contributed by atoms with van der Waals surface area (Å²) in [5.74, 6) is -1.15. The molecule has 162 valence electrons. The monoisotopic (exact) mass is 462 g/mol. The third-order valence-corrected chi connectivity index (χ3v) is 6.11. The maximum atomic E-state index is 13.9. The number of ether oxygens (including phenoxy) is 1. The molecule has 0 unspecified atom stereocenters. The number of rotatable bonds is 8. The fourth-order valence-corrected chi connectivity index (χ4v) is 4.02. The van der Waals surface area contributed by atoms with Crippen molar-refractivity contribution in [3.8, 4) is 5.75 Å². The Hall–Kier alpha value is -2.94. The predicted molar refractivity (Wildman–Crippen MR) is 117 cm³/mol. The van der Waals surface area contributed by atoms with Crippen LogP contribution in [0.1, 0.15) is 22.8 Å². The van der Waals surface area contributed by atoms with Crippen LogP contribution in [0.4, 0.5) is 10.1 Å². The van der Waals surface area contributed by atoms with Crippen LogP contribution in [0.5, 0.6) is 5.75 Å². The quantitative estimate of drug-likeness (QED) is 0.512. The molecule has 0 saturated heterocycles. The first kappa shape index (κ1) is 22.7. The Balaban J connectivity index is 1.87. The zero-order chi connectivity index (χ0) is 22.4. The molecule has 0 saturated carbocycles. The molecular formula is C22H20ClFN2O4S. The summed E-state index contributed by atoms with van der Waals surface area (Å²) in [6, 6.07) is 16.4. The molecule has 3 aromatic rings. The molecule has 0 bridgehead atoms. The molecule has 3 rings (SSSR count). The van der Waals surface area contributed by atoms with Crippen molar-refractivity contribution < 1.29 is 22.3 Å². The number of hydrogen-bond acceptors (Lipinski definition) is 4. The lowest BCUT2D eigenvalue weighted by Crippen LogP contribution is -2.24. The van der Waals surface area contributed by atoms with Crippen molar-refractivity contribution in [2.45, 2.75) is 18.4 Å². The van der Waals surface area contributed by atoms with Gasteiger partial charge in [0, 0.05) is 11.6 Å². The first-order chi connectivity index (χ1) is 14.8. The zero-order valence-corrected chi connectivity index (χ0v) is 18.1.